The summed E-state index contributed by atoms with van der Waals surface area (Å²) in [6, 6.07) is 9.91. The fourth-order valence-electron chi connectivity index (χ4n) is 1.56. The second-order valence-corrected chi connectivity index (χ2v) is 6.11. The van der Waals surface area contributed by atoms with Gasteiger partial charge >= 0.3 is 0 Å². The summed E-state index contributed by atoms with van der Waals surface area (Å²) in [4.78, 5) is 4.33. The van der Waals surface area contributed by atoms with E-state index in [1.807, 2.05) is 30.3 Å². The Labute approximate surface area is 128 Å². The lowest BCUT2D eigenvalue weighted by molar-refractivity contribution is 0.873. The van der Waals surface area contributed by atoms with Crippen LogP contribution in [0.4, 0.5) is 5.82 Å². The van der Waals surface area contributed by atoms with E-state index < -0.39 is 0 Å². The topological polar surface area (TPSA) is 24.9 Å². The highest BCUT2D eigenvalue weighted by Gasteiger charge is 2.08. The Morgan fingerprint density at radius 3 is 2.50 bits per heavy atom. The van der Waals surface area contributed by atoms with Gasteiger partial charge in [-0.05, 0) is 62.5 Å². The Bertz CT molecular complexity index is 543. The third-order valence-electron chi connectivity index (χ3n) is 2.53. The molecule has 0 fully saturated rings. The van der Waals surface area contributed by atoms with E-state index in [4.69, 9.17) is 11.6 Å². The molecule has 0 aliphatic rings. The second-order valence-electron chi connectivity index (χ2n) is 3.90. The number of hydrogen-bond donors (Lipinski definition) is 1. The number of rotatable bonds is 3. The lowest BCUT2D eigenvalue weighted by atomic mass is 10.1. The van der Waals surface area contributed by atoms with E-state index in [2.05, 4.69) is 49.1 Å². The van der Waals surface area contributed by atoms with Crippen LogP contribution >= 0.6 is 43.5 Å². The maximum atomic E-state index is 5.87. The number of halogens is 3. The van der Waals surface area contributed by atoms with Crippen molar-refractivity contribution in [3.63, 3.8) is 0 Å². The number of nitrogens with one attached hydrogen (secondary N) is 1. The van der Waals surface area contributed by atoms with Gasteiger partial charge < -0.3 is 5.32 Å². The maximum Gasteiger partial charge on any atom is 0.140 e. The summed E-state index contributed by atoms with van der Waals surface area (Å²) in [7, 11) is 0. The molecular weight excluding hydrogens is 379 g/mol. The lowest BCUT2D eigenvalue weighted by Crippen LogP contribution is -2.08. The first-order valence-corrected chi connectivity index (χ1v) is 7.35. The molecule has 0 bridgehead atoms. The minimum absolute atomic E-state index is 0.159. The molecule has 94 valence electrons. The van der Waals surface area contributed by atoms with Gasteiger partial charge in [0.1, 0.15) is 5.82 Å². The van der Waals surface area contributed by atoms with Crippen LogP contribution in [0.5, 0.6) is 0 Å². The van der Waals surface area contributed by atoms with E-state index in [1.54, 1.807) is 6.20 Å². The zero-order chi connectivity index (χ0) is 13.1. The molecule has 1 aromatic heterocycles. The van der Waals surface area contributed by atoms with Gasteiger partial charge in [0.2, 0.25) is 0 Å². The third kappa shape index (κ3) is 3.46. The van der Waals surface area contributed by atoms with E-state index >= 15 is 0 Å². The minimum atomic E-state index is 0.159. The van der Waals surface area contributed by atoms with Crippen molar-refractivity contribution in [2.45, 2.75) is 13.0 Å². The monoisotopic (exact) mass is 388 g/mol. The third-order valence-corrected chi connectivity index (χ3v) is 3.82. The van der Waals surface area contributed by atoms with E-state index in [0.29, 0.717) is 0 Å². The molecule has 1 heterocycles. The summed E-state index contributed by atoms with van der Waals surface area (Å²) in [6.45, 7) is 2.08. The van der Waals surface area contributed by atoms with Gasteiger partial charge in [0, 0.05) is 21.7 Å². The number of benzene rings is 1. The molecule has 0 radical (unpaired) electrons. The van der Waals surface area contributed by atoms with Crippen LogP contribution in [0.3, 0.4) is 0 Å². The van der Waals surface area contributed by atoms with Crippen LogP contribution in [0.1, 0.15) is 18.5 Å². The molecule has 1 atom stereocenters. The standard InChI is InChI=1S/C13H11Br2ClN2/c1-8(9-2-4-11(16)5-3-9)18-13-12(15)6-10(14)7-17-13/h2-8H,1H3,(H,17,18). The Hall–Kier alpha value is -0.580. The summed E-state index contributed by atoms with van der Waals surface area (Å²) in [5.41, 5.74) is 1.16. The molecule has 18 heavy (non-hydrogen) atoms. The Balaban J connectivity index is 2.15. The van der Waals surface area contributed by atoms with Crippen molar-refractivity contribution in [2.24, 2.45) is 0 Å². The van der Waals surface area contributed by atoms with E-state index in [9.17, 15) is 0 Å². The molecule has 1 unspecified atom stereocenters. The van der Waals surface area contributed by atoms with Crippen molar-refractivity contribution < 1.29 is 0 Å². The quantitative estimate of drug-likeness (QED) is 0.756. The predicted molar refractivity (Wildman–Crippen MR) is 83.1 cm³/mol. The number of aromatic nitrogens is 1. The van der Waals surface area contributed by atoms with Crippen molar-refractivity contribution in [3.05, 3.63) is 56.1 Å². The smallest absolute Gasteiger partial charge is 0.140 e. The predicted octanol–water partition coefficient (Wildman–Crippen LogP) is 5.43. The average molecular weight is 391 g/mol. The van der Waals surface area contributed by atoms with Gasteiger partial charge in [-0.15, -0.1) is 0 Å². The SMILES string of the molecule is CC(Nc1ncc(Br)cc1Br)c1ccc(Cl)cc1. The highest BCUT2D eigenvalue weighted by Crippen LogP contribution is 2.27. The summed E-state index contributed by atoms with van der Waals surface area (Å²) in [5, 5.41) is 4.10. The van der Waals surface area contributed by atoms with Crippen molar-refractivity contribution in [1.29, 1.82) is 0 Å². The molecule has 2 rings (SSSR count). The number of hydrogen-bond acceptors (Lipinski definition) is 2. The molecule has 1 aromatic carbocycles. The van der Waals surface area contributed by atoms with Crippen LogP contribution in [0.25, 0.3) is 0 Å². The summed E-state index contributed by atoms with van der Waals surface area (Å²) in [5.74, 6) is 0.820. The molecule has 0 aliphatic heterocycles. The maximum absolute atomic E-state index is 5.87. The molecular formula is C13H11Br2ClN2. The Kier molecular flexibility index (Phi) is 4.65. The van der Waals surface area contributed by atoms with Crippen LogP contribution < -0.4 is 5.32 Å². The number of nitrogens with zero attached hydrogens (tertiary/aromatic N) is 1. The Morgan fingerprint density at radius 1 is 1.22 bits per heavy atom. The molecule has 0 saturated carbocycles. The van der Waals surface area contributed by atoms with Gasteiger partial charge in [-0.25, -0.2) is 4.98 Å². The van der Waals surface area contributed by atoms with Gasteiger partial charge in [-0.3, -0.25) is 0 Å². The van der Waals surface area contributed by atoms with Crippen molar-refractivity contribution in [3.8, 4) is 0 Å². The minimum Gasteiger partial charge on any atom is -0.363 e. The fourth-order valence-corrected chi connectivity index (χ4v) is 2.79. The lowest BCUT2D eigenvalue weighted by Gasteiger charge is -2.16. The van der Waals surface area contributed by atoms with Gasteiger partial charge in [-0.1, -0.05) is 23.7 Å². The number of anilines is 1. The normalized spacial score (nSPS) is 12.2. The van der Waals surface area contributed by atoms with Gasteiger partial charge in [-0.2, -0.15) is 0 Å². The van der Waals surface area contributed by atoms with Crippen molar-refractivity contribution >= 4 is 49.3 Å². The van der Waals surface area contributed by atoms with E-state index in [1.165, 1.54) is 0 Å². The van der Waals surface area contributed by atoms with Crippen molar-refractivity contribution in [2.75, 3.05) is 5.32 Å². The summed E-state index contributed by atoms with van der Waals surface area (Å²) < 4.78 is 1.87. The van der Waals surface area contributed by atoms with Crippen LogP contribution in [0.2, 0.25) is 5.02 Å². The van der Waals surface area contributed by atoms with Gasteiger partial charge in [0.05, 0.1) is 4.47 Å². The van der Waals surface area contributed by atoms with Crippen molar-refractivity contribution in [1.82, 2.24) is 4.98 Å². The van der Waals surface area contributed by atoms with Crippen LogP contribution in [0, 0.1) is 0 Å². The zero-order valence-corrected chi connectivity index (χ0v) is 13.6. The molecule has 0 aliphatic carbocycles. The second kappa shape index (κ2) is 6.04. The first-order valence-electron chi connectivity index (χ1n) is 5.39. The molecule has 0 spiro atoms. The fraction of sp³-hybridized carbons (Fsp3) is 0.154. The largest absolute Gasteiger partial charge is 0.363 e. The summed E-state index contributed by atoms with van der Waals surface area (Å²) >= 11 is 12.7. The number of pyridine rings is 1. The van der Waals surface area contributed by atoms with Crippen LogP contribution in [0.15, 0.2) is 45.5 Å². The molecule has 5 heteroatoms. The Morgan fingerprint density at radius 2 is 1.89 bits per heavy atom. The molecule has 1 N–H and O–H groups in total. The first-order chi connectivity index (χ1) is 8.56. The van der Waals surface area contributed by atoms with E-state index in [0.717, 1.165) is 25.3 Å². The molecule has 0 saturated heterocycles. The van der Waals surface area contributed by atoms with E-state index in [-0.39, 0.29) is 6.04 Å². The van der Waals surface area contributed by atoms with Crippen LogP contribution in [-0.4, -0.2) is 4.98 Å². The highest BCUT2D eigenvalue weighted by molar-refractivity contribution is 9.11. The van der Waals surface area contributed by atoms with Gasteiger partial charge in [0.25, 0.3) is 0 Å². The average Bonchev–Trinajstić information content (AvgIpc) is 2.33. The van der Waals surface area contributed by atoms with Crippen LogP contribution in [-0.2, 0) is 0 Å². The zero-order valence-electron chi connectivity index (χ0n) is 9.62. The summed E-state index contributed by atoms with van der Waals surface area (Å²) in [6.07, 6.45) is 1.77. The highest BCUT2D eigenvalue weighted by atomic mass is 79.9. The first kappa shape index (κ1) is 13.8. The molecule has 2 nitrogen and oxygen atoms in total. The molecule has 2 aromatic rings. The van der Waals surface area contributed by atoms with Gasteiger partial charge in [0.15, 0.2) is 0 Å². The molecule has 0 amide bonds.